The molecule has 0 amide bonds. The van der Waals surface area contributed by atoms with E-state index < -0.39 is 0 Å². The molecule has 118 valence electrons. The van der Waals surface area contributed by atoms with E-state index in [0.29, 0.717) is 6.04 Å². The highest BCUT2D eigenvalue weighted by atomic mass is 15.1. The molecule has 0 bridgehead atoms. The lowest BCUT2D eigenvalue weighted by atomic mass is 10.0. The van der Waals surface area contributed by atoms with Crippen LogP contribution in [0.4, 0.5) is 0 Å². The molecule has 1 saturated carbocycles. The van der Waals surface area contributed by atoms with Crippen molar-refractivity contribution in [3.05, 3.63) is 35.4 Å². The summed E-state index contributed by atoms with van der Waals surface area (Å²) >= 11 is 0. The predicted molar refractivity (Wildman–Crippen MR) is 91.6 cm³/mol. The summed E-state index contributed by atoms with van der Waals surface area (Å²) in [5.41, 5.74) is 3.03. The van der Waals surface area contributed by atoms with Crippen LogP contribution in [0.5, 0.6) is 0 Å². The summed E-state index contributed by atoms with van der Waals surface area (Å²) in [6.45, 7) is 11.5. The van der Waals surface area contributed by atoms with Gasteiger partial charge in [0.15, 0.2) is 0 Å². The Hall–Kier alpha value is -0.860. The average molecular weight is 288 g/mol. The Labute approximate surface area is 130 Å². The fourth-order valence-corrected chi connectivity index (χ4v) is 2.79. The molecular weight excluding hydrogens is 256 g/mol. The van der Waals surface area contributed by atoms with E-state index >= 15 is 0 Å². The van der Waals surface area contributed by atoms with Gasteiger partial charge in [0.2, 0.25) is 0 Å². The van der Waals surface area contributed by atoms with Crippen molar-refractivity contribution in [1.82, 2.24) is 10.2 Å². The first-order chi connectivity index (χ1) is 10.2. The van der Waals surface area contributed by atoms with Crippen LogP contribution in [0.2, 0.25) is 0 Å². The molecule has 1 fully saturated rings. The molecule has 1 aromatic carbocycles. The Morgan fingerprint density at radius 3 is 2.48 bits per heavy atom. The van der Waals surface area contributed by atoms with E-state index in [2.05, 4.69) is 55.3 Å². The molecule has 0 saturated heterocycles. The molecule has 1 aromatic rings. The molecule has 0 unspecified atom stereocenters. The van der Waals surface area contributed by atoms with Gasteiger partial charge >= 0.3 is 0 Å². The van der Waals surface area contributed by atoms with E-state index in [4.69, 9.17) is 0 Å². The zero-order chi connectivity index (χ0) is 15.1. The van der Waals surface area contributed by atoms with Crippen LogP contribution in [0.3, 0.4) is 0 Å². The summed E-state index contributed by atoms with van der Waals surface area (Å²) < 4.78 is 0. The molecule has 1 N–H and O–H groups in total. The van der Waals surface area contributed by atoms with Crippen molar-refractivity contribution in [2.45, 2.75) is 59.0 Å². The van der Waals surface area contributed by atoms with Crippen molar-refractivity contribution in [3.8, 4) is 0 Å². The topological polar surface area (TPSA) is 15.3 Å². The van der Waals surface area contributed by atoms with E-state index in [1.807, 2.05) is 0 Å². The smallest absolute Gasteiger partial charge is 0.0239 e. The van der Waals surface area contributed by atoms with E-state index in [1.54, 1.807) is 0 Å². The SMILES string of the molecule is CCCNCCc1ccccc1CN(CC1CC1)C(C)C. The average Bonchev–Trinajstić information content (AvgIpc) is 3.28. The van der Waals surface area contributed by atoms with E-state index in [9.17, 15) is 0 Å². The summed E-state index contributed by atoms with van der Waals surface area (Å²) in [6, 6.07) is 9.63. The van der Waals surface area contributed by atoms with Crippen molar-refractivity contribution in [1.29, 1.82) is 0 Å². The third kappa shape index (κ3) is 5.80. The van der Waals surface area contributed by atoms with Gasteiger partial charge in [-0.15, -0.1) is 0 Å². The Morgan fingerprint density at radius 1 is 1.14 bits per heavy atom. The van der Waals surface area contributed by atoms with Crippen LogP contribution in [-0.4, -0.2) is 30.6 Å². The molecule has 21 heavy (non-hydrogen) atoms. The normalized spacial score (nSPS) is 15.1. The number of nitrogens with zero attached hydrogens (tertiary/aromatic N) is 1. The first-order valence-electron chi connectivity index (χ1n) is 8.72. The lowest BCUT2D eigenvalue weighted by Crippen LogP contribution is -2.32. The molecule has 1 aliphatic rings. The van der Waals surface area contributed by atoms with Gasteiger partial charge in [0, 0.05) is 19.1 Å². The maximum atomic E-state index is 3.52. The van der Waals surface area contributed by atoms with Gasteiger partial charge in [-0.2, -0.15) is 0 Å². The van der Waals surface area contributed by atoms with E-state index in [1.165, 1.54) is 36.9 Å². The van der Waals surface area contributed by atoms with Gasteiger partial charge in [-0.25, -0.2) is 0 Å². The van der Waals surface area contributed by atoms with Crippen LogP contribution in [0, 0.1) is 5.92 Å². The molecule has 2 rings (SSSR count). The second-order valence-electron chi connectivity index (χ2n) is 6.74. The molecule has 0 spiro atoms. The van der Waals surface area contributed by atoms with Crippen LogP contribution in [0.1, 0.15) is 51.2 Å². The summed E-state index contributed by atoms with van der Waals surface area (Å²) in [7, 11) is 0. The summed E-state index contributed by atoms with van der Waals surface area (Å²) in [4.78, 5) is 2.65. The van der Waals surface area contributed by atoms with Crippen LogP contribution in [-0.2, 0) is 13.0 Å². The second-order valence-corrected chi connectivity index (χ2v) is 6.74. The summed E-state index contributed by atoms with van der Waals surface area (Å²) in [6.07, 6.45) is 5.23. The summed E-state index contributed by atoms with van der Waals surface area (Å²) in [5.74, 6) is 0.964. The quantitative estimate of drug-likeness (QED) is 0.658. The van der Waals surface area contributed by atoms with Crippen LogP contribution >= 0.6 is 0 Å². The van der Waals surface area contributed by atoms with Gasteiger partial charge in [-0.1, -0.05) is 31.2 Å². The first kappa shape index (κ1) is 16.5. The van der Waals surface area contributed by atoms with Crippen LogP contribution < -0.4 is 5.32 Å². The molecule has 2 nitrogen and oxygen atoms in total. The van der Waals surface area contributed by atoms with Crippen molar-refractivity contribution in [2.24, 2.45) is 5.92 Å². The van der Waals surface area contributed by atoms with Gasteiger partial charge in [-0.05, 0) is 69.7 Å². The lowest BCUT2D eigenvalue weighted by molar-refractivity contribution is 0.203. The van der Waals surface area contributed by atoms with Crippen molar-refractivity contribution in [2.75, 3.05) is 19.6 Å². The molecule has 0 radical (unpaired) electrons. The van der Waals surface area contributed by atoms with E-state index in [-0.39, 0.29) is 0 Å². The number of rotatable bonds is 10. The van der Waals surface area contributed by atoms with E-state index in [0.717, 1.165) is 32.0 Å². The largest absolute Gasteiger partial charge is 0.316 e. The Morgan fingerprint density at radius 2 is 1.86 bits per heavy atom. The fourth-order valence-electron chi connectivity index (χ4n) is 2.79. The molecule has 0 atom stereocenters. The maximum absolute atomic E-state index is 3.52. The minimum absolute atomic E-state index is 0.636. The van der Waals surface area contributed by atoms with Gasteiger partial charge < -0.3 is 5.32 Å². The Bertz CT molecular complexity index is 410. The molecule has 0 aliphatic heterocycles. The van der Waals surface area contributed by atoms with Crippen molar-refractivity contribution in [3.63, 3.8) is 0 Å². The monoisotopic (exact) mass is 288 g/mol. The molecular formula is C19H32N2. The number of nitrogens with one attached hydrogen (secondary N) is 1. The van der Waals surface area contributed by atoms with Crippen molar-refractivity contribution >= 4 is 0 Å². The Balaban J connectivity index is 1.93. The van der Waals surface area contributed by atoms with Gasteiger partial charge in [0.25, 0.3) is 0 Å². The van der Waals surface area contributed by atoms with Gasteiger partial charge in [-0.3, -0.25) is 4.90 Å². The standard InChI is InChI=1S/C19H32N2/c1-4-12-20-13-11-18-7-5-6-8-19(18)15-21(16(2)3)14-17-9-10-17/h5-8,16-17,20H,4,9-15H2,1-3H3. The molecule has 2 heteroatoms. The molecule has 0 aromatic heterocycles. The predicted octanol–water partition coefficient (Wildman–Crippen LogP) is 3.85. The number of hydrogen-bond acceptors (Lipinski definition) is 2. The fraction of sp³-hybridized carbons (Fsp3) is 0.684. The zero-order valence-electron chi connectivity index (χ0n) is 14.1. The second kappa shape index (κ2) is 8.55. The first-order valence-corrected chi connectivity index (χ1v) is 8.72. The summed E-state index contributed by atoms with van der Waals surface area (Å²) in [5, 5.41) is 3.52. The van der Waals surface area contributed by atoms with Gasteiger partial charge in [0.1, 0.15) is 0 Å². The van der Waals surface area contributed by atoms with Gasteiger partial charge in [0.05, 0.1) is 0 Å². The third-order valence-corrected chi connectivity index (χ3v) is 4.41. The van der Waals surface area contributed by atoms with Crippen LogP contribution in [0.15, 0.2) is 24.3 Å². The third-order valence-electron chi connectivity index (χ3n) is 4.41. The highest BCUT2D eigenvalue weighted by Gasteiger charge is 2.25. The maximum Gasteiger partial charge on any atom is 0.0239 e. The highest BCUT2D eigenvalue weighted by Crippen LogP contribution is 2.31. The lowest BCUT2D eigenvalue weighted by Gasteiger charge is -2.27. The van der Waals surface area contributed by atoms with Crippen LogP contribution in [0.25, 0.3) is 0 Å². The minimum Gasteiger partial charge on any atom is -0.316 e. The molecule has 1 aliphatic carbocycles. The minimum atomic E-state index is 0.636. The Kier molecular flexibility index (Phi) is 6.72. The number of hydrogen-bond donors (Lipinski definition) is 1. The zero-order valence-corrected chi connectivity index (χ0v) is 14.1. The highest BCUT2D eigenvalue weighted by molar-refractivity contribution is 5.27. The molecule has 0 heterocycles. The van der Waals surface area contributed by atoms with Crippen molar-refractivity contribution < 1.29 is 0 Å². The number of benzene rings is 1.